The number of urea groups is 1. The first kappa shape index (κ1) is 25.2. The molecule has 0 aliphatic carbocycles. The fraction of sp³-hybridized carbons (Fsp3) is 0.240. The second-order valence-electron chi connectivity index (χ2n) is 7.07. The number of rotatable bonds is 8. The number of carbonyl (C=O) groups is 1. The van der Waals surface area contributed by atoms with Crippen molar-refractivity contribution >= 4 is 17.6 Å². The minimum Gasteiger partial charge on any atom is -0.487 e. The number of nitrogens with zero attached hydrogens (tertiary/aromatic N) is 1. The first-order valence-electron chi connectivity index (χ1n) is 10.4. The van der Waals surface area contributed by atoms with Crippen molar-refractivity contribution in [2.45, 2.75) is 26.5 Å². The molecule has 0 saturated carbocycles. The summed E-state index contributed by atoms with van der Waals surface area (Å²) < 4.78 is 17.9. The summed E-state index contributed by atoms with van der Waals surface area (Å²) in [6.45, 7) is 3.62. The zero-order valence-corrected chi connectivity index (χ0v) is 18.9. The lowest BCUT2D eigenvalue weighted by atomic mass is 10.2. The monoisotopic (exact) mass is 457 g/mol. The van der Waals surface area contributed by atoms with E-state index in [9.17, 15) is 9.18 Å². The normalized spacial score (nSPS) is 10.1. The maximum absolute atomic E-state index is 12.2. The molecule has 3 aromatic rings. The van der Waals surface area contributed by atoms with Gasteiger partial charge in [0.05, 0.1) is 5.02 Å². The van der Waals surface area contributed by atoms with Gasteiger partial charge in [-0.3, -0.25) is 0 Å². The number of carbonyl (C=O) groups excluding carboxylic acids is 1. The van der Waals surface area contributed by atoms with Gasteiger partial charge in [0.15, 0.2) is 0 Å². The van der Waals surface area contributed by atoms with E-state index < -0.39 is 6.03 Å². The molecule has 0 bridgehead atoms. The Morgan fingerprint density at radius 3 is 2.22 bits per heavy atom. The van der Waals surface area contributed by atoms with Crippen molar-refractivity contribution in [1.82, 2.24) is 4.90 Å². The van der Waals surface area contributed by atoms with Crippen molar-refractivity contribution < 1.29 is 13.9 Å². The van der Waals surface area contributed by atoms with Crippen LogP contribution in [0, 0.1) is 5.82 Å². The quantitative estimate of drug-likeness (QED) is 0.491. The van der Waals surface area contributed by atoms with Crippen LogP contribution in [-0.4, -0.2) is 24.0 Å². The number of amides is 2. The van der Waals surface area contributed by atoms with E-state index in [4.69, 9.17) is 27.8 Å². The third kappa shape index (κ3) is 8.57. The smallest absolute Gasteiger partial charge is 0.315 e. The highest BCUT2D eigenvalue weighted by Crippen LogP contribution is 2.27. The molecular formula is C25H29ClFN3O2. The lowest BCUT2D eigenvalue weighted by molar-refractivity contribution is 0.206. The van der Waals surface area contributed by atoms with Crippen LogP contribution in [0.4, 0.5) is 9.18 Å². The Morgan fingerprint density at radius 2 is 1.66 bits per heavy atom. The van der Waals surface area contributed by atoms with Crippen molar-refractivity contribution in [1.29, 1.82) is 0 Å². The summed E-state index contributed by atoms with van der Waals surface area (Å²) in [5.74, 6) is 0.441. The Hall–Kier alpha value is -3.09. The Bertz CT molecular complexity index is 969. The molecular weight excluding hydrogens is 429 g/mol. The summed E-state index contributed by atoms with van der Waals surface area (Å²) in [5, 5.41) is 0.496. The standard InChI is InChI=1S/C17H20ClN3O2.C8H9F/c18-15-10-14(11-21(9-8-19)17(20)22)6-7-16(15)23-12-13-4-2-1-3-5-13;1-2-7-3-5-8(9)6-4-7/h1-7,10H,8-9,11-12,19H2,(H2,20,22);3-6H,2H2,1H3. The molecule has 170 valence electrons. The van der Waals surface area contributed by atoms with Gasteiger partial charge >= 0.3 is 6.03 Å². The van der Waals surface area contributed by atoms with Crippen LogP contribution in [0.1, 0.15) is 23.6 Å². The third-order valence-corrected chi connectivity index (χ3v) is 4.93. The summed E-state index contributed by atoms with van der Waals surface area (Å²) in [5.41, 5.74) is 13.9. The van der Waals surface area contributed by atoms with Gasteiger partial charge in [0.2, 0.25) is 0 Å². The number of aryl methyl sites for hydroxylation is 1. The largest absolute Gasteiger partial charge is 0.487 e. The molecule has 0 saturated heterocycles. The molecule has 0 spiro atoms. The van der Waals surface area contributed by atoms with Gasteiger partial charge in [-0.2, -0.15) is 0 Å². The Kier molecular flexibility index (Phi) is 10.5. The van der Waals surface area contributed by atoms with E-state index in [-0.39, 0.29) is 5.82 Å². The van der Waals surface area contributed by atoms with Crippen LogP contribution in [-0.2, 0) is 19.6 Å². The summed E-state index contributed by atoms with van der Waals surface area (Å²) in [6, 6.07) is 21.3. The number of hydrogen-bond acceptors (Lipinski definition) is 3. The molecule has 32 heavy (non-hydrogen) atoms. The van der Waals surface area contributed by atoms with Gasteiger partial charge in [-0.25, -0.2) is 9.18 Å². The van der Waals surface area contributed by atoms with Crippen molar-refractivity contribution in [3.8, 4) is 5.75 Å². The van der Waals surface area contributed by atoms with Crippen LogP contribution in [0.15, 0.2) is 72.8 Å². The minimum absolute atomic E-state index is 0.160. The zero-order valence-electron chi connectivity index (χ0n) is 18.1. The number of ether oxygens (including phenoxy) is 1. The maximum atomic E-state index is 12.2. The highest BCUT2D eigenvalue weighted by atomic mass is 35.5. The number of primary amides is 1. The van der Waals surface area contributed by atoms with E-state index in [0.29, 0.717) is 37.0 Å². The van der Waals surface area contributed by atoms with Crippen molar-refractivity contribution in [2.75, 3.05) is 13.1 Å². The first-order chi connectivity index (χ1) is 15.4. The number of benzene rings is 3. The average Bonchev–Trinajstić information content (AvgIpc) is 2.80. The summed E-state index contributed by atoms with van der Waals surface area (Å²) >= 11 is 6.25. The van der Waals surface area contributed by atoms with Crippen molar-refractivity contribution in [3.63, 3.8) is 0 Å². The average molecular weight is 458 g/mol. The second kappa shape index (κ2) is 13.3. The summed E-state index contributed by atoms with van der Waals surface area (Å²) in [4.78, 5) is 12.8. The molecule has 0 fully saturated rings. The molecule has 4 N–H and O–H groups in total. The molecule has 0 heterocycles. The first-order valence-corrected chi connectivity index (χ1v) is 10.7. The van der Waals surface area contributed by atoms with E-state index in [1.54, 1.807) is 24.3 Å². The van der Waals surface area contributed by atoms with E-state index in [1.807, 2.05) is 43.3 Å². The van der Waals surface area contributed by atoms with Crippen LogP contribution < -0.4 is 16.2 Å². The molecule has 0 radical (unpaired) electrons. The second-order valence-corrected chi connectivity index (χ2v) is 7.47. The Morgan fingerprint density at radius 1 is 1.00 bits per heavy atom. The van der Waals surface area contributed by atoms with Crippen LogP contribution in [0.25, 0.3) is 0 Å². The molecule has 3 aromatic carbocycles. The SMILES string of the molecule is CCc1ccc(F)cc1.NCCN(Cc1ccc(OCc2ccccc2)c(Cl)c1)C(N)=O. The molecule has 0 atom stereocenters. The zero-order chi connectivity index (χ0) is 23.3. The molecule has 3 rings (SSSR count). The molecule has 0 aliphatic heterocycles. The van der Waals surface area contributed by atoms with Crippen molar-refractivity contribution in [3.05, 3.63) is 100 Å². The molecule has 7 heteroatoms. The van der Waals surface area contributed by atoms with Gasteiger partial charge in [0, 0.05) is 19.6 Å². The molecule has 0 aliphatic rings. The predicted octanol–water partition coefficient (Wildman–Crippen LogP) is 5.15. The van der Waals surface area contributed by atoms with Gasteiger partial charge in [-0.1, -0.05) is 67.1 Å². The Balaban J connectivity index is 0.000000336. The highest BCUT2D eigenvalue weighted by molar-refractivity contribution is 6.32. The third-order valence-electron chi connectivity index (χ3n) is 4.64. The van der Waals surface area contributed by atoms with Crippen LogP contribution in [0.2, 0.25) is 5.02 Å². The van der Waals surface area contributed by atoms with Crippen LogP contribution in [0.3, 0.4) is 0 Å². The van der Waals surface area contributed by atoms with Crippen molar-refractivity contribution in [2.24, 2.45) is 11.5 Å². The number of hydrogen-bond donors (Lipinski definition) is 2. The topological polar surface area (TPSA) is 81.6 Å². The summed E-state index contributed by atoms with van der Waals surface area (Å²) in [6.07, 6.45) is 0.972. The van der Waals surface area contributed by atoms with Gasteiger partial charge in [0.1, 0.15) is 18.2 Å². The minimum atomic E-state index is -0.504. The van der Waals surface area contributed by atoms with E-state index in [2.05, 4.69) is 0 Å². The predicted molar refractivity (Wildman–Crippen MR) is 127 cm³/mol. The van der Waals surface area contributed by atoms with E-state index in [1.165, 1.54) is 22.6 Å². The molecule has 2 amide bonds. The van der Waals surface area contributed by atoms with Gasteiger partial charge in [-0.15, -0.1) is 0 Å². The maximum Gasteiger partial charge on any atom is 0.315 e. The Labute approximate surface area is 193 Å². The fourth-order valence-electron chi connectivity index (χ4n) is 2.86. The number of halogens is 2. The molecule has 0 aromatic heterocycles. The van der Waals surface area contributed by atoms with Crippen LogP contribution in [0.5, 0.6) is 5.75 Å². The number of nitrogens with two attached hydrogens (primary N) is 2. The van der Waals surface area contributed by atoms with Gasteiger partial charge in [0.25, 0.3) is 0 Å². The van der Waals surface area contributed by atoms with E-state index in [0.717, 1.165) is 17.5 Å². The van der Waals surface area contributed by atoms with Crippen LogP contribution >= 0.6 is 11.6 Å². The fourth-order valence-corrected chi connectivity index (χ4v) is 3.12. The van der Waals surface area contributed by atoms with E-state index >= 15 is 0 Å². The lowest BCUT2D eigenvalue weighted by Crippen LogP contribution is -2.38. The van der Waals surface area contributed by atoms with Gasteiger partial charge in [-0.05, 0) is 47.4 Å². The highest BCUT2D eigenvalue weighted by Gasteiger charge is 2.11. The van der Waals surface area contributed by atoms with Gasteiger partial charge < -0.3 is 21.1 Å². The summed E-state index contributed by atoms with van der Waals surface area (Å²) in [7, 11) is 0. The molecule has 5 nitrogen and oxygen atoms in total. The lowest BCUT2D eigenvalue weighted by Gasteiger charge is -2.20. The molecule has 0 unspecified atom stereocenters.